The van der Waals surface area contributed by atoms with Crippen LogP contribution in [0, 0.1) is 5.82 Å². The van der Waals surface area contributed by atoms with Gasteiger partial charge < -0.3 is 4.74 Å². The van der Waals surface area contributed by atoms with Gasteiger partial charge in [0.05, 0.1) is 6.61 Å². The van der Waals surface area contributed by atoms with E-state index in [2.05, 4.69) is 21.2 Å². The van der Waals surface area contributed by atoms with Crippen LogP contribution in [0.3, 0.4) is 0 Å². The van der Waals surface area contributed by atoms with E-state index in [1.807, 2.05) is 0 Å². The minimum absolute atomic E-state index is 0.220. The number of carbonyl (C=O) groups excluding carboxylic acids is 1. The number of benzene rings is 1. The van der Waals surface area contributed by atoms with Crippen molar-refractivity contribution in [2.45, 2.75) is 51.1 Å². The molecule has 1 aromatic rings. The molecule has 0 aliphatic heterocycles. The Morgan fingerprint density at radius 2 is 2.14 bits per heavy atom. The normalized spacial score (nSPS) is 18.5. The minimum atomic E-state index is -1.17. The molecule has 5 heteroatoms. The predicted octanol–water partition coefficient (Wildman–Crippen LogP) is 3.90. The summed E-state index contributed by atoms with van der Waals surface area (Å²) >= 11 is 3.34. The van der Waals surface area contributed by atoms with Gasteiger partial charge in [-0.3, -0.25) is 5.32 Å². The van der Waals surface area contributed by atoms with Gasteiger partial charge in [0.15, 0.2) is 0 Å². The highest BCUT2D eigenvalue weighted by Crippen LogP contribution is 2.31. The van der Waals surface area contributed by atoms with E-state index < -0.39 is 17.3 Å². The fourth-order valence-corrected chi connectivity index (χ4v) is 3.24. The van der Waals surface area contributed by atoms with Crippen molar-refractivity contribution in [2.24, 2.45) is 0 Å². The molecule has 21 heavy (non-hydrogen) atoms. The number of carbonyl (C=O) groups is 1. The van der Waals surface area contributed by atoms with Crippen LogP contribution in [0.15, 0.2) is 22.7 Å². The Morgan fingerprint density at radius 1 is 1.48 bits per heavy atom. The van der Waals surface area contributed by atoms with Gasteiger partial charge in [0.25, 0.3) is 0 Å². The SMILES string of the molecule is CCOC(=O)C(C)(NC1CCCC1)c1cc(Br)ccc1F. The number of esters is 1. The van der Waals surface area contributed by atoms with Gasteiger partial charge in [-0.25, -0.2) is 9.18 Å². The average Bonchev–Trinajstić information content (AvgIpc) is 2.94. The molecule has 1 aromatic carbocycles. The summed E-state index contributed by atoms with van der Waals surface area (Å²) in [6.07, 6.45) is 4.28. The van der Waals surface area contributed by atoms with Crippen LogP contribution in [0.2, 0.25) is 0 Å². The van der Waals surface area contributed by atoms with Gasteiger partial charge in [-0.2, -0.15) is 0 Å². The van der Waals surface area contributed by atoms with Gasteiger partial charge in [-0.05, 0) is 44.9 Å². The third-order valence-electron chi connectivity index (χ3n) is 4.00. The number of halogens is 2. The average molecular weight is 358 g/mol. The summed E-state index contributed by atoms with van der Waals surface area (Å²) < 4.78 is 20.2. The molecule has 1 N–H and O–H groups in total. The van der Waals surface area contributed by atoms with Crippen LogP contribution >= 0.6 is 15.9 Å². The Bertz CT molecular complexity index is 517. The first-order valence-electron chi connectivity index (χ1n) is 7.38. The van der Waals surface area contributed by atoms with E-state index in [1.165, 1.54) is 6.07 Å². The summed E-state index contributed by atoms with van der Waals surface area (Å²) in [4.78, 5) is 12.5. The van der Waals surface area contributed by atoms with Crippen molar-refractivity contribution in [2.75, 3.05) is 6.61 Å². The van der Waals surface area contributed by atoms with Crippen LogP contribution in [0.1, 0.15) is 45.1 Å². The molecule has 0 radical (unpaired) electrons. The van der Waals surface area contributed by atoms with Crippen LogP contribution in [0.5, 0.6) is 0 Å². The molecule has 0 bridgehead atoms. The molecule has 3 nitrogen and oxygen atoms in total. The van der Waals surface area contributed by atoms with Crippen molar-refractivity contribution in [1.29, 1.82) is 0 Å². The molecule has 1 unspecified atom stereocenters. The van der Waals surface area contributed by atoms with Gasteiger partial charge >= 0.3 is 5.97 Å². The topological polar surface area (TPSA) is 38.3 Å². The molecular formula is C16H21BrFNO2. The Balaban J connectivity index is 2.38. The predicted molar refractivity (Wildman–Crippen MR) is 83.5 cm³/mol. The second-order valence-corrected chi connectivity index (χ2v) is 6.51. The molecule has 1 fully saturated rings. The fraction of sp³-hybridized carbons (Fsp3) is 0.562. The second kappa shape index (κ2) is 6.88. The maximum Gasteiger partial charge on any atom is 0.330 e. The molecule has 0 saturated heterocycles. The third-order valence-corrected chi connectivity index (χ3v) is 4.49. The zero-order chi connectivity index (χ0) is 15.5. The van der Waals surface area contributed by atoms with Crippen LogP contribution in [-0.4, -0.2) is 18.6 Å². The van der Waals surface area contributed by atoms with Crippen molar-refractivity contribution in [1.82, 2.24) is 5.32 Å². The smallest absolute Gasteiger partial charge is 0.330 e. The van der Waals surface area contributed by atoms with Crippen molar-refractivity contribution in [3.8, 4) is 0 Å². The number of hydrogen-bond donors (Lipinski definition) is 1. The molecule has 1 saturated carbocycles. The molecule has 0 heterocycles. The van der Waals surface area contributed by atoms with Crippen LogP contribution in [0.4, 0.5) is 4.39 Å². The van der Waals surface area contributed by atoms with E-state index >= 15 is 0 Å². The second-order valence-electron chi connectivity index (χ2n) is 5.60. The molecular weight excluding hydrogens is 337 g/mol. The van der Waals surface area contributed by atoms with E-state index in [0.717, 1.165) is 30.2 Å². The third kappa shape index (κ3) is 3.64. The lowest BCUT2D eigenvalue weighted by Crippen LogP contribution is -2.52. The summed E-state index contributed by atoms with van der Waals surface area (Å²) in [5, 5.41) is 3.33. The first-order chi connectivity index (χ1) is 9.97. The highest BCUT2D eigenvalue weighted by atomic mass is 79.9. The quantitative estimate of drug-likeness (QED) is 0.812. The maximum absolute atomic E-state index is 14.3. The molecule has 0 aromatic heterocycles. The Morgan fingerprint density at radius 3 is 2.76 bits per heavy atom. The molecule has 0 spiro atoms. The molecule has 1 atom stereocenters. The van der Waals surface area contributed by atoms with Crippen LogP contribution < -0.4 is 5.32 Å². The molecule has 1 aliphatic rings. The first-order valence-corrected chi connectivity index (χ1v) is 8.17. The van der Waals surface area contributed by atoms with Crippen molar-refractivity contribution in [3.05, 3.63) is 34.1 Å². The van der Waals surface area contributed by atoms with E-state index in [1.54, 1.807) is 26.0 Å². The minimum Gasteiger partial charge on any atom is -0.464 e. The molecule has 116 valence electrons. The highest BCUT2D eigenvalue weighted by Gasteiger charge is 2.41. The molecule has 0 amide bonds. The van der Waals surface area contributed by atoms with Gasteiger partial charge in [0.1, 0.15) is 11.4 Å². The Hall–Kier alpha value is -0.940. The standard InChI is InChI=1S/C16H21BrFNO2/c1-3-21-15(20)16(2,19-12-6-4-5-7-12)13-10-11(17)8-9-14(13)18/h8-10,12,19H,3-7H2,1-2H3. The van der Waals surface area contributed by atoms with E-state index in [0.29, 0.717) is 5.56 Å². The van der Waals surface area contributed by atoms with E-state index in [-0.39, 0.29) is 12.6 Å². The van der Waals surface area contributed by atoms with Crippen molar-refractivity contribution in [3.63, 3.8) is 0 Å². The van der Waals surface area contributed by atoms with Crippen molar-refractivity contribution < 1.29 is 13.9 Å². The molecule has 2 rings (SSSR count). The van der Waals surface area contributed by atoms with E-state index in [9.17, 15) is 9.18 Å². The number of hydrogen-bond acceptors (Lipinski definition) is 3. The largest absolute Gasteiger partial charge is 0.464 e. The lowest BCUT2D eigenvalue weighted by Gasteiger charge is -2.32. The Labute approximate surface area is 133 Å². The van der Waals surface area contributed by atoms with Crippen molar-refractivity contribution >= 4 is 21.9 Å². The van der Waals surface area contributed by atoms with Gasteiger partial charge in [0, 0.05) is 16.1 Å². The number of rotatable bonds is 5. The summed E-state index contributed by atoms with van der Waals surface area (Å²) in [5.74, 6) is -0.840. The van der Waals surface area contributed by atoms with Crippen LogP contribution in [0.25, 0.3) is 0 Å². The van der Waals surface area contributed by atoms with E-state index in [4.69, 9.17) is 4.74 Å². The highest BCUT2D eigenvalue weighted by molar-refractivity contribution is 9.10. The van der Waals surface area contributed by atoms with Crippen LogP contribution in [-0.2, 0) is 15.1 Å². The van der Waals surface area contributed by atoms with Gasteiger partial charge in [-0.1, -0.05) is 28.8 Å². The zero-order valence-corrected chi connectivity index (χ0v) is 14.0. The lowest BCUT2D eigenvalue weighted by atomic mass is 9.90. The first kappa shape index (κ1) is 16.4. The lowest BCUT2D eigenvalue weighted by molar-refractivity contribution is -0.151. The summed E-state index contributed by atoms with van der Waals surface area (Å²) in [6.45, 7) is 3.73. The Kier molecular flexibility index (Phi) is 5.38. The summed E-state index contributed by atoms with van der Waals surface area (Å²) in [6, 6.07) is 4.86. The van der Waals surface area contributed by atoms with Gasteiger partial charge in [-0.15, -0.1) is 0 Å². The maximum atomic E-state index is 14.3. The number of nitrogens with one attached hydrogen (secondary N) is 1. The zero-order valence-electron chi connectivity index (χ0n) is 12.4. The summed E-state index contributed by atoms with van der Waals surface area (Å²) in [5.41, 5.74) is -0.846. The molecule has 1 aliphatic carbocycles. The summed E-state index contributed by atoms with van der Waals surface area (Å²) in [7, 11) is 0. The number of ether oxygens (including phenoxy) is 1. The fourth-order valence-electron chi connectivity index (χ4n) is 2.88. The van der Waals surface area contributed by atoms with Gasteiger partial charge in [0.2, 0.25) is 0 Å². The monoisotopic (exact) mass is 357 g/mol.